The van der Waals surface area contributed by atoms with E-state index in [4.69, 9.17) is 9.78 Å². The Morgan fingerprint density at radius 3 is 3.10 bits per heavy atom. The van der Waals surface area contributed by atoms with Crippen molar-refractivity contribution in [3.63, 3.8) is 0 Å². The van der Waals surface area contributed by atoms with Crippen molar-refractivity contribution in [3.8, 4) is 17.7 Å². The Bertz CT molecular complexity index is 630. The highest BCUT2D eigenvalue weighted by Gasteiger charge is 2.30. The van der Waals surface area contributed by atoms with Crippen LogP contribution in [0.2, 0.25) is 0 Å². The number of hydrogen-bond donors (Lipinski definition) is 1. The Morgan fingerprint density at radius 2 is 2.35 bits per heavy atom. The first kappa shape index (κ1) is 13.6. The van der Waals surface area contributed by atoms with Crippen LogP contribution in [0, 0.1) is 11.3 Å². The lowest BCUT2D eigenvalue weighted by molar-refractivity contribution is 0.420. The lowest BCUT2D eigenvalue weighted by Crippen LogP contribution is -2.19. The highest BCUT2D eigenvalue weighted by molar-refractivity contribution is 8.06. The summed E-state index contributed by atoms with van der Waals surface area (Å²) in [6, 6.07) is 3.79. The number of rotatable bonds is 3. The Labute approximate surface area is 125 Å². The largest absolute Gasteiger partial charge is 0.356 e. The van der Waals surface area contributed by atoms with E-state index in [1.54, 1.807) is 12.3 Å². The number of nitrogens with zero attached hydrogens (tertiary/aromatic N) is 3. The zero-order valence-electron chi connectivity index (χ0n) is 11.0. The van der Waals surface area contributed by atoms with Crippen LogP contribution in [0.25, 0.3) is 11.6 Å². The van der Waals surface area contributed by atoms with E-state index in [0.29, 0.717) is 27.6 Å². The van der Waals surface area contributed by atoms with Crippen LogP contribution in [-0.4, -0.2) is 31.9 Å². The summed E-state index contributed by atoms with van der Waals surface area (Å²) in [7, 11) is 0. The second-order valence-corrected chi connectivity index (χ2v) is 7.08. The van der Waals surface area contributed by atoms with E-state index < -0.39 is 0 Å². The molecule has 1 saturated heterocycles. The van der Waals surface area contributed by atoms with E-state index in [1.165, 1.54) is 5.75 Å². The van der Waals surface area contributed by atoms with E-state index in [2.05, 4.69) is 28.1 Å². The molecular weight excluding hydrogens is 292 g/mol. The summed E-state index contributed by atoms with van der Waals surface area (Å²) in [4.78, 5) is 7.48. The third-order valence-corrected chi connectivity index (χ3v) is 6.43. The van der Waals surface area contributed by atoms with E-state index in [9.17, 15) is 0 Å². The monoisotopic (exact) mass is 306 g/mol. The maximum atomic E-state index is 8.83. The normalized spacial score (nSPS) is 22.6. The predicted molar refractivity (Wildman–Crippen MR) is 80.5 cm³/mol. The maximum absolute atomic E-state index is 8.83. The average molecular weight is 306 g/mol. The molecule has 7 heteroatoms. The van der Waals surface area contributed by atoms with Gasteiger partial charge < -0.3 is 9.51 Å². The van der Waals surface area contributed by atoms with E-state index in [-0.39, 0.29) is 0 Å². The lowest BCUT2D eigenvalue weighted by atomic mass is 10.2. The van der Waals surface area contributed by atoms with Crippen molar-refractivity contribution in [1.29, 1.82) is 5.26 Å². The SMILES string of the molecule is CCC1SCCSC1c1noc(-c2cc(C#N)c[nH]2)n1. The van der Waals surface area contributed by atoms with Crippen molar-refractivity contribution >= 4 is 23.5 Å². The Morgan fingerprint density at radius 1 is 1.50 bits per heavy atom. The molecule has 0 radical (unpaired) electrons. The number of thioether (sulfide) groups is 2. The molecule has 0 amide bonds. The number of aromatic nitrogens is 3. The first-order valence-corrected chi connectivity index (χ1v) is 8.57. The molecule has 20 heavy (non-hydrogen) atoms. The van der Waals surface area contributed by atoms with Crippen molar-refractivity contribution in [2.24, 2.45) is 0 Å². The van der Waals surface area contributed by atoms with Crippen molar-refractivity contribution in [1.82, 2.24) is 15.1 Å². The highest BCUT2D eigenvalue weighted by atomic mass is 32.2. The molecule has 0 aliphatic carbocycles. The maximum Gasteiger partial charge on any atom is 0.274 e. The van der Waals surface area contributed by atoms with Gasteiger partial charge in [-0.1, -0.05) is 12.1 Å². The summed E-state index contributed by atoms with van der Waals surface area (Å²) >= 11 is 3.88. The molecule has 1 aliphatic rings. The van der Waals surface area contributed by atoms with Gasteiger partial charge in [-0.15, -0.1) is 11.8 Å². The Hall–Kier alpha value is -1.39. The number of H-pyrrole nitrogens is 1. The van der Waals surface area contributed by atoms with Crippen LogP contribution < -0.4 is 0 Å². The van der Waals surface area contributed by atoms with Crippen LogP contribution in [0.15, 0.2) is 16.8 Å². The molecule has 0 bridgehead atoms. The summed E-state index contributed by atoms with van der Waals surface area (Å²) in [5.41, 5.74) is 1.26. The molecule has 1 fully saturated rings. The molecule has 5 nitrogen and oxygen atoms in total. The fraction of sp³-hybridized carbons (Fsp3) is 0.462. The van der Waals surface area contributed by atoms with Gasteiger partial charge in [0.2, 0.25) is 0 Å². The van der Waals surface area contributed by atoms with Crippen LogP contribution in [0.3, 0.4) is 0 Å². The van der Waals surface area contributed by atoms with Gasteiger partial charge in [0, 0.05) is 23.0 Å². The molecule has 104 valence electrons. The van der Waals surface area contributed by atoms with Crippen LogP contribution in [0.1, 0.15) is 30.0 Å². The molecular formula is C13H14N4OS2. The smallest absolute Gasteiger partial charge is 0.274 e. The molecule has 0 aromatic carbocycles. The Balaban J connectivity index is 1.84. The van der Waals surface area contributed by atoms with Gasteiger partial charge in [0.15, 0.2) is 5.82 Å². The van der Waals surface area contributed by atoms with Crippen LogP contribution in [0.5, 0.6) is 0 Å². The van der Waals surface area contributed by atoms with Gasteiger partial charge in [-0.2, -0.15) is 22.0 Å². The van der Waals surface area contributed by atoms with E-state index >= 15 is 0 Å². The molecule has 0 saturated carbocycles. The molecule has 0 spiro atoms. The van der Waals surface area contributed by atoms with Crippen molar-refractivity contribution in [2.45, 2.75) is 23.8 Å². The summed E-state index contributed by atoms with van der Waals surface area (Å²) in [6.07, 6.45) is 2.74. The quantitative estimate of drug-likeness (QED) is 0.938. The molecule has 2 aromatic rings. The fourth-order valence-corrected chi connectivity index (χ4v) is 5.17. The molecule has 3 rings (SSSR count). The summed E-state index contributed by atoms with van der Waals surface area (Å²) < 4.78 is 5.33. The topological polar surface area (TPSA) is 78.5 Å². The highest BCUT2D eigenvalue weighted by Crippen LogP contribution is 2.43. The van der Waals surface area contributed by atoms with Gasteiger partial charge in [-0.3, -0.25) is 0 Å². The second kappa shape index (κ2) is 5.94. The molecule has 2 unspecified atom stereocenters. The first-order chi connectivity index (χ1) is 9.81. The van der Waals surface area contributed by atoms with Gasteiger partial charge in [-0.05, 0) is 12.5 Å². The molecule has 1 aliphatic heterocycles. The molecule has 2 atom stereocenters. The molecule has 1 N–H and O–H groups in total. The number of nitriles is 1. The van der Waals surface area contributed by atoms with Crippen molar-refractivity contribution < 1.29 is 4.52 Å². The number of aromatic amines is 1. The fourth-order valence-electron chi connectivity index (χ4n) is 2.18. The average Bonchev–Trinajstić information content (AvgIpc) is 3.15. The number of nitrogens with one attached hydrogen (secondary N) is 1. The zero-order valence-corrected chi connectivity index (χ0v) is 12.6. The third-order valence-electron chi connectivity index (χ3n) is 3.19. The molecule has 2 aromatic heterocycles. The van der Waals surface area contributed by atoms with E-state index in [1.807, 2.05) is 23.5 Å². The number of hydrogen-bond acceptors (Lipinski definition) is 6. The van der Waals surface area contributed by atoms with Crippen LogP contribution in [-0.2, 0) is 0 Å². The first-order valence-electron chi connectivity index (χ1n) is 6.47. The minimum Gasteiger partial charge on any atom is -0.356 e. The van der Waals surface area contributed by atoms with Gasteiger partial charge in [0.1, 0.15) is 11.8 Å². The predicted octanol–water partition coefficient (Wildman–Crippen LogP) is 3.24. The minimum absolute atomic E-state index is 0.293. The van der Waals surface area contributed by atoms with Gasteiger partial charge in [0.05, 0.1) is 10.8 Å². The van der Waals surface area contributed by atoms with E-state index in [0.717, 1.165) is 18.0 Å². The summed E-state index contributed by atoms with van der Waals surface area (Å²) in [5.74, 6) is 3.52. The van der Waals surface area contributed by atoms with Crippen molar-refractivity contribution in [2.75, 3.05) is 11.5 Å². The summed E-state index contributed by atoms with van der Waals surface area (Å²) in [6.45, 7) is 2.20. The molecule has 3 heterocycles. The van der Waals surface area contributed by atoms with Gasteiger partial charge in [0.25, 0.3) is 5.89 Å². The zero-order chi connectivity index (χ0) is 13.9. The van der Waals surface area contributed by atoms with Gasteiger partial charge in [-0.25, -0.2) is 0 Å². The van der Waals surface area contributed by atoms with Gasteiger partial charge >= 0.3 is 0 Å². The van der Waals surface area contributed by atoms with Crippen LogP contribution in [0.4, 0.5) is 0 Å². The third kappa shape index (κ3) is 2.58. The summed E-state index contributed by atoms with van der Waals surface area (Å²) in [5, 5.41) is 13.8. The Kier molecular flexibility index (Phi) is 4.03. The van der Waals surface area contributed by atoms with Crippen molar-refractivity contribution in [3.05, 3.63) is 23.7 Å². The standard InChI is InChI=1S/C13H14N4OS2/c1-2-10-11(20-4-3-19-10)12-16-13(18-17-12)9-5-8(6-14)7-15-9/h5,7,10-11,15H,2-4H2,1H3. The minimum atomic E-state index is 0.293. The lowest BCUT2D eigenvalue weighted by Gasteiger charge is -2.27. The second-order valence-electron chi connectivity index (χ2n) is 4.48. The van der Waals surface area contributed by atoms with Crippen LogP contribution >= 0.6 is 23.5 Å².